The van der Waals surface area contributed by atoms with Gasteiger partial charge >= 0.3 is 0 Å². The first-order chi connectivity index (χ1) is 72.0. The SMILES string of the molecule is COc1cc2cc(C=O)c(NCc3ccccc3Sc3ccccc3CO)nc2cc1OC.OCc1ccccc1Sc1ccccc1CNc1nc(N2CCCC2c2ccccn2)c2ccccc2n1.OCc1ccccc1Sc1ccccc1CNc1nc(NCc2ccncc2)c2ccccc2n1.OCc1ccccc1Sc1ccccc1CNc1nc(NCc2nnc(-c3ccccc3)o2)c2ccccc2n1. The van der Waals surface area contributed by atoms with Crippen LogP contribution in [0.4, 0.5) is 41.1 Å². The molecular weight excluding hydrogens is 1900 g/mol. The van der Waals surface area contributed by atoms with Gasteiger partial charge in [-0.15, -0.1) is 10.2 Å². The molecule has 0 bridgehead atoms. The average Bonchev–Trinajstić information content (AvgIpc) is 1.52. The van der Waals surface area contributed by atoms with Gasteiger partial charge in [0.15, 0.2) is 17.8 Å². The van der Waals surface area contributed by atoms with Crippen LogP contribution in [0.1, 0.15) is 90.9 Å². The van der Waals surface area contributed by atoms with Gasteiger partial charge in [0.05, 0.1) is 86.6 Å². The zero-order chi connectivity index (χ0) is 100.0. The second-order valence-corrected chi connectivity index (χ2v) is 37.8. The largest absolute Gasteiger partial charge is 0.493 e. The van der Waals surface area contributed by atoms with Crippen LogP contribution in [0.3, 0.4) is 0 Å². The number of hydrogen-bond acceptors (Lipinski definition) is 30. The second kappa shape index (κ2) is 50.2. The average molecular weight is 2010 g/mol. The van der Waals surface area contributed by atoms with E-state index in [0.717, 1.165) is 176 Å². The maximum Gasteiger partial charge on any atom is 0.247 e. The smallest absolute Gasteiger partial charge is 0.247 e. The first-order valence-corrected chi connectivity index (χ1v) is 50.8. The Morgan fingerprint density at radius 2 is 0.753 bits per heavy atom. The molecule has 0 amide bonds. The molecule has 1 unspecified atom stereocenters. The van der Waals surface area contributed by atoms with E-state index >= 15 is 0 Å². The fourth-order valence-corrected chi connectivity index (χ4v) is 20.8. The molecule has 21 rings (SSSR count). The van der Waals surface area contributed by atoms with Gasteiger partial charge in [-0.3, -0.25) is 14.8 Å². The number of aliphatic hydroxyl groups is 4. The van der Waals surface area contributed by atoms with Crippen LogP contribution in [0, 0.1) is 0 Å². The number of hydrogen-bond donors (Lipinski definition) is 10. The molecule has 1 saturated heterocycles. The van der Waals surface area contributed by atoms with Crippen molar-refractivity contribution in [3.63, 3.8) is 0 Å². The zero-order valence-electron chi connectivity index (χ0n) is 79.9. The predicted octanol–water partition coefficient (Wildman–Crippen LogP) is 24.4. The Morgan fingerprint density at radius 3 is 1.21 bits per heavy atom. The molecule has 1 aliphatic heterocycles. The molecule has 1 fully saturated rings. The molecule has 1 atom stereocenters. The number of carbonyl (C=O) groups is 1. The molecule has 0 radical (unpaired) electrons. The van der Waals surface area contributed by atoms with Crippen molar-refractivity contribution in [1.82, 2.24) is 55.1 Å². The van der Waals surface area contributed by atoms with Crippen molar-refractivity contribution in [3.05, 3.63) is 432 Å². The molecule has 1 aliphatic rings. The molecular formula is C116H104N18O8S4. The quantitative estimate of drug-likeness (QED) is 0.0163. The summed E-state index contributed by atoms with van der Waals surface area (Å²) < 4.78 is 16.6. The van der Waals surface area contributed by atoms with Crippen LogP contribution >= 0.6 is 47.0 Å². The van der Waals surface area contributed by atoms with Crippen molar-refractivity contribution in [2.45, 2.75) is 124 Å². The molecule has 13 aromatic carbocycles. The molecule has 730 valence electrons. The van der Waals surface area contributed by atoms with Gasteiger partial charge in [0.1, 0.15) is 23.3 Å². The van der Waals surface area contributed by atoms with Crippen LogP contribution in [0.15, 0.2) is 408 Å². The first-order valence-electron chi connectivity index (χ1n) is 47.5. The maximum absolute atomic E-state index is 11.8. The number of ether oxygens (including phenoxy) is 2. The minimum Gasteiger partial charge on any atom is -0.493 e. The molecule has 10 N–H and O–H groups in total. The number of para-hydroxylation sites is 3. The maximum atomic E-state index is 11.8. The molecule has 30 heteroatoms. The number of fused-ring (bicyclic) bond motifs is 4. The summed E-state index contributed by atoms with van der Waals surface area (Å²) in [5, 5.41) is 71.3. The number of carbonyl (C=O) groups excluding carboxylic acids is 1. The highest BCUT2D eigenvalue weighted by Gasteiger charge is 2.31. The predicted molar refractivity (Wildman–Crippen MR) is 582 cm³/mol. The van der Waals surface area contributed by atoms with E-state index in [1.54, 1.807) is 85.8 Å². The van der Waals surface area contributed by atoms with Crippen molar-refractivity contribution in [2.75, 3.05) is 57.6 Å². The summed E-state index contributed by atoms with van der Waals surface area (Å²) in [5.41, 5.74) is 14.9. The standard InChI is InChI=1S/C31H26N6O2S.C31H29N5OS.C28H25N5OS.C26H24N2O4S/c38-20-23-13-5-9-17-27(23)40-26-16-8-4-12-22(26)18-33-31-34-25-15-7-6-14-24(25)29(35-31)32-19-28-36-37-30(39-28)21-10-2-1-3-11-21;37-21-23-11-2-6-17-29(23)38-28-16-5-1-10-22(28)20-33-31-34-25-13-4-3-12-24(25)30(35-31)36-19-9-15-27(36)26-14-7-8-18-32-26;34-19-22-8-2-6-12-26(22)35-25-11-5-1-7-21(25)18-31-28-32-24-10-4-3-9-23(24)27(33-28)30-17-20-13-15-29-16-14-20;1-31-22-12-19-11-20(16-30)26(28-21(19)13-23(22)32-2)27-14-17-7-3-5-9-24(17)33-25-10-6-4-8-18(25)15-29/h1-17,38H,18-20H2,(H2,32,33,34,35);1-8,10-14,16-18,27,37H,9,15,19-21H2,(H,33,34,35);1-16,34H,17-19H2,(H2,30,31,32,33);3-13,16,29H,14-15H2,1-2H3,(H,27,28). The van der Waals surface area contributed by atoms with Gasteiger partial charge in [-0.25, -0.2) is 19.9 Å². The normalized spacial score (nSPS) is 12.0. The fourth-order valence-electron chi connectivity index (χ4n) is 16.6. The van der Waals surface area contributed by atoms with Crippen LogP contribution in [0.25, 0.3) is 55.1 Å². The fraction of sp³-hybridized carbons (Fsp3) is 0.138. The highest BCUT2D eigenvalue weighted by atomic mass is 32.2. The highest BCUT2D eigenvalue weighted by Crippen LogP contribution is 2.43. The molecule has 8 heterocycles. The Hall–Kier alpha value is -16.2. The molecule has 0 saturated carbocycles. The van der Waals surface area contributed by atoms with Crippen LogP contribution < -0.4 is 46.3 Å². The number of rotatable bonds is 36. The van der Waals surface area contributed by atoms with E-state index < -0.39 is 0 Å². The number of aromatic nitrogens is 11. The molecule has 0 aliphatic carbocycles. The van der Waals surface area contributed by atoms with Gasteiger partial charge in [0.25, 0.3) is 0 Å². The van der Waals surface area contributed by atoms with Gasteiger partial charge in [0.2, 0.25) is 29.6 Å². The zero-order valence-corrected chi connectivity index (χ0v) is 83.2. The molecule has 26 nitrogen and oxygen atoms in total. The highest BCUT2D eigenvalue weighted by molar-refractivity contribution is 8.00. The number of aliphatic hydroxyl groups excluding tert-OH is 4. The number of nitrogens with zero attached hydrogens (tertiary/aromatic N) is 12. The lowest BCUT2D eigenvalue weighted by Gasteiger charge is -2.27. The van der Waals surface area contributed by atoms with E-state index in [1.165, 1.54) is 0 Å². The topological polar surface area (TPSA) is 347 Å². The third-order valence-electron chi connectivity index (χ3n) is 24.0. The van der Waals surface area contributed by atoms with Gasteiger partial charge in [0, 0.05) is 130 Å². The van der Waals surface area contributed by atoms with Crippen molar-refractivity contribution >= 4 is 138 Å². The summed E-state index contributed by atoms with van der Waals surface area (Å²) in [4.78, 5) is 65.1. The number of aldehydes is 1. The van der Waals surface area contributed by atoms with Crippen LogP contribution in [-0.4, -0.2) is 103 Å². The van der Waals surface area contributed by atoms with Crippen molar-refractivity contribution in [2.24, 2.45) is 0 Å². The number of pyridine rings is 3. The molecule has 146 heavy (non-hydrogen) atoms. The van der Waals surface area contributed by atoms with E-state index in [1.807, 2.05) is 285 Å². The summed E-state index contributed by atoms with van der Waals surface area (Å²) in [6.07, 6.45) is 8.39. The van der Waals surface area contributed by atoms with Gasteiger partial charge in [-0.1, -0.05) is 253 Å². The van der Waals surface area contributed by atoms with E-state index in [4.69, 9.17) is 43.8 Å². The Morgan fingerprint density at radius 1 is 0.363 bits per heavy atom. The lowest BCUT2D eigenvalue weighted by Crippen LogP contribution is -2.25. The summed E-state index contributed by atoms with van der Waals surface area (Å²) >= 11 is 6.56. The Labute approximate surface area is 862 Å². The monoisotopic (exact) mass is 2000 g/mol. The second-order valence-electron chi connectivity index (χ2n) is 33.5. The number of methoxy groups -OCH3 is 2. The molecule has 7 aromatic heterocycles. The van der Waals surface area contributed by atoms with Gasteiger partial charge in [-0.05, 0) is 196 Å². The molecule has 0 spiro atoms. The van der Waals surface area contributed by atoms with Crippen LogP contribution in [0.2, 0.25) is 0 Å². The minimum atomic E-state index is -0.0124. The lowest BCUT2D eigenvalue weighted by molar-refractivity contribution is 0.112. The van der Waals surface area contributed by atoms with E-state index in [9.17, 15) is 25.2 Å². The Bertz CT molecular complexity index is 7830. The number of benzene rings is 13. The van der Waals surface area contributed by atoms with Gasteiger partial charge in [-0.2, -0.15) is 15.0 Å². The van der Waals surface area contributed by atoms with E-state index in [0.29, 0.717) is 103 Å². The molecule has 20 aromatic rings. The number of anilines is 7. The lowest BCUT2D eigenvalue weighted by atomic mass is 10.1. The number of nitrogens with one attached hydrogen (secondary N) is 6. The van der Waals surface area contributed by atoms with Crippen LogP contribution in [0.5, 0.6) is 11.5 Å². The van der Waals surface area contributed by atoms with Crippen LogP contribution in [-0.2, 0) is 65.7 Å². The third-order valence-corrected chi connectivity index (χ3v) is 29.0. The van der Waals surface area contributed by atoms with E-state index in [-0.39, 0.29) is 32.5 Å². The minimum absolute atomic E-state index is 0.00144. The van der Waals surface area contributed by atoms with Crippen molar-refractivity contribution in [1.29, 1.82) is 0 Å². The summed E-state index contributed by atoms with van der Waals surface area (Å²) in [5.74, 6) is 6.69. The summed E-state index contributed by atoms with van der Waals surface area (Å²) in [7, 11) is 3.15. The van der Waals surface area contributed by atoms with Gasteiger partial charge < -0.3 is 71.1 Å². The summed E-state index contributed by atoms with van der Waals surface area (Å²) in [6, 6.07) is 114. The van der Waals surface area contributed by atoms with E-state index in [2.05, 4.69) is 117 Å². The Balaban J connectivity index is 0.000000128. The van der Waals surface area contributed by atoms with Crippen molar-refractivity contribution < 1.29 is 39.1 Å². The van der Waals surface area contributed by atoms with Crippen molar-refractivity contribution in [3.8, 4) is 23.0 Å². The first kappa shape index (κ1) is 100.0. The summed E-state index contributed by atoms with van der Waals surface area (Å²) in [6.45, 7) is 4.12. The Kier molecular flexibility index (Phi) is 34.4. The third kappa shape index (κ3) is 25.5.